The number of amides is 1. The molecule has 3 aromatic rings. The number of hydrogen-bond acceptors (Lipinski definition) is 5. The Morgan fingerprint density at radius 3 is 2.60 bits per heavy atom. The predicted molar refractivity (Wildman–Crippen MR) is 93.1 cm³/mol. The van der Waals surface area contributed by atoms with E-state index in [0.717, 1.165) is 5.75 Å². The lowest BCUT2D eigenvalue weighted by Gasteiger charge is -2.10. The number of nitrogens with one attached hydrogen (secondary N) is 1. The van der Waals surface area contributed by atoms with Crippen molar-refractivity contribution in [1.29, 1.82) is 0 Å². The number of benzene rings is 1. The molecule has 0 spiro atoms. The van der Waals surface area contributed by atoms with Crippen LogP contribution in [0.5, 0.6) is 5.75 Å². The molecule has 1 N–H and O–H groups in total. The molecule has 1 amide bonds. The third-order valence-electron chi connectivity index (χ3n) is 3.43. The monoisotopic (exact) mass is 337 g/mol. The first-order chi connectivity index (χ1) is 12.1. The normalized spacial score (nSPS) is 10.7. The maximum atomic E-state index is 12.3. The van der Waals surface area contributed by atoms with Crippen molar-refractivity contribution < 1.29 is 13.9 Å². The lowest BCUT2D eigenvalue weighted by atomic mass is 10.2. The van der Waals surface area contributed by atoms with Gasteiger partial charge in [0.2, 0.25) is 0 Å². The number of nitrogens with zero attached hydrogens (tertiary/aromatic N) is 2. The molecular formula is C19H19N3O3. The first-order valence-electron chi connectivity index (χ1n) is 8.02. The summed E-state index contributed by atoms with van der Waals surface area (Å²) < 4.78 is 10.9. The summed E-state index contributed by atoms with van der Waals surface area (Å²) in [5.74, 6) is 1.17. The van der Waals surface area contributed by atoms with Crippen molar-refractivity contribution in [3.8, 4) is 17.2 Å². The van der Waals surface area contributed by atoms with Crippen LogP contribution in [-0.2, 0) is 6.54 Å². The highest BCUT2D eigenvalue weighted by atomic mass is 16.5. The van der Waals surface area contributed by atoms with E-state index in [9.17, 15) is 4.79 Å². The molecule has 0 radical (unpaired) electrons. The Kier molecular flexibility index (Phi) is 5.09. The van der Waals surface area contributed by atoms with Crippen LogP contribution in [0.1, 0.15) is 29.9 Å². The molecule has 0 fully saturated rings. The van der Waals surface area contributed by atoms with Gasteiger partial charge in [-0.05, 0) is 50.2 Å². The molecular weight excluding hydrogens is 318 g/mol. The van der Waals surface area contributed by atoms with E-state index < -0.39 is 0 Å². The summed E-state index contributed by atoms with van der Waals surface area (Å²) in [6.45, 7) is 4.17. The van der Waals surface area contributed by atoms with Crippen LogP contribution in [-0.4, -0.2) is 22.0 Å². The highest BCUT2D eigenvalue weighted by Gasteiger charge is 2.12. The van der Waals surface area contributed by atoms with Crippen LogP contribution in [0.3, 0.4) is 0 Å². The smallest absolute Gasteiger partial charge is 0.251 e. The summed E-state index contributed by atoms with van der Waals surface area (Å²) in [6.07, 6.45) is 4.85. The molecule has 2 heterocycles. The van der Waals surface area contributed by atoms with Gasteiger partial charge in [-0.15, -0.1) is 0 Å². The van der Waals surface area contributed by atoms with Crippen molar-refractivity contribution in [3.63, 3.8) is 0 Å². The fourth-order valence-electron chi connectivity index (χ4n) is 2.34. The largest absolute Gasteiger partial charge is 0.491 e. The summed E-state index contributed by atoms with van der Waals surface area (Å²) in [6, 6.07) is 10.6. The highest BCUT2D eigenvalue weighted by molar-refractivity contribution is 5.94. The van der Waals surface area contributed by atoms with Crippen LogP contribution in [0.4, 0.5) is 0 Å². The molecule has 0 unspecified atom stereocenters. The maximum absolute atomic E-state index is 12.3. The van der Waals surface area contributed by atoms with Crippen LogP contribution in [0.2, 0.25) is 0 Å². The predicted octanol–water partition coefficient (Wildman–Crippen LogP) is 3.45. The molecule has 0 saturated heterocycles. The van der Waals surface area contributed by atoms with Crippen molar-refractivity contribution >= 4 is 5.91 Å². The van der Waals surface area contributed by atoms with Gasteiger partial charge in [-0.2, -0.15) is 0 Å². The molecule has 128 valence electrons. The Morgan fingerprint density at radius 1 is 1.16 bits per heavy atom. The number of aromatic nitrogens is 2. The minimum absolute atomic E-state index is 0.0938. The number of rotatable bonds is 6. The van der Waals surface area contributed by atoms with Crippen molar-refractivity contribution in [2.24, 2.45) is 0 Å². The average molecular weight is 337 g/mol. The van der Waals surface area contributed by atoms with Crippen LogP contribution in [0.25, 0.3) is 11.5 Å². The van der Waals surface area contributed by atoms with Gasteiger partial charge in [0.25, 0.3) is 5.91 Å². The van der Waals surface area contributed by atoms with E-state index in [1.807, 2.05) is 19.9 Å². The Hall–Kier alpha value is -3.15. The van der Waals surface area contributed by atoms with Crippen molar-refractivity contribution in [3.05, 3.63) is 66.3 Å². The second kappa shape index (κ2) is 7.61. The second-order valence-electron chi connectivity index (χ2n) is 5.70. The topological polar surface area (TPSA) is 77.2 Å². The Labute approximate surface area is 145 Å². The number of carbonyl (C=O) groups excluding carboxylic acids is 1. The Bertz CT molecular complexity index is 827. The van der Waals surface area contributed by atoms with E-state index in [-0.39, 0.29) is 18.6 Å². The molecule has 3 rings (SSSR count). The molecule has 1 aromatic carbocycles. The van der Waals surface area contributed by atoms with Gasteiger partial charge < -0.3 is 14.5 Å². The van der Waals surface area contributed by atoms with Gasteiger partial charge in [-0.3, -0.25) is 9.78 Å². The molecule has 0 aliphatic rings. The van der Waals surface area contributed by atoms with Crippen molar-refractivity contribution in [1.82, 2.24) is 15.3 Å². The second-order valence-corrected chi connectivity index (χ2v) is 5.70. The van der Waals surface area contributed by atoms with E-state index in [4.69, 9.17) is 9.15 Å². The number of carbonyl (C=O) groups is 1. The Morgan fingerprint density at radius 2 is 1.92 bits per heavy atom. The quantitative estimate of drug-likeness (QED) is 0.745. The lowest BCUT2D eigenvalue weighted by molar-refractivity contribution is 0.0950. The number of ether oxygens (including phenoxy) is 1. The van der Waals surface area contributed by atoms with Crippen LogP contribution >= 0.6 is 0 Å². The van der Waals surface area contributed by atoms with Gasteiger partial charge in [0.15, 0.2) is 5.76 Å². The lowest BCUT2D eigenvalue weighted by Crippen LogP contribution is -2.23. The molecule has 6 nitrogen and oxygen atoms in total. The summed E-state index contributed by atoms with van der Waals surface area (Å²) in [4.78, 5) is 20.9. The molecule has 6 heteroatoms. The number of furan rings is 1. The molecule has 25 heavy (non-hydrogen) atoms. The summed E-state index contributed by atoms with van der Waals surface area (Å²) in [7, 11) is 0. The summed E-state index contributed by atoms with van der Waals surface area (Å²) >= 11 is 0. The molecule has 0 aliphatic carbocycles. The molecule has 0 saturated carbocycles. The first-order valence-corrected chi connectivity index (χ1v) is 8.02. The van der Waals surface area contributed by atoms with E-state index >= 15 is 0 Å². The molecule has 2 aromatic heterocycles. The van der Waals surface area contributed by atoms with Gasteiger partial charge in [-0.1, -0.05) is 0 Å². The summed E-state index contributed by atoms with van der Waals surface area (Å²) in [5.41, 5.74) is 1.82. The third-order valence-corrected chi connectivity index (χ3v) is 3.43. The fraction of sp³-hybridized carbons (Fsp3) is 0.211. The van der Waals surface area contributed by atoms with E-state index in [0.29, 0.717) is 22.7 Å². The molecule has 0 aliphatic heterocycles. The van der Waals surface area contributed by atoms with Crippen LogP contribution < -0.4 is 10.1 Å². The van der Waals surface area contributed by atoms with E-state index in [1.54, 1.807) is 49.0 Å². The highest BCUT2D eigenvalue weighted by Crippen LogP contribution is 2.20. The van der Waals surface area contributed by atoms with Crippen molar-refractivity contribution in [2.75, 3.05) is 0 Å². The SMILES string of the molecule is CC(C)Oc1ccc(C(=O)NCc2nccnc2-c2ccco2)cc1. The number of hydrogen-bond donors (Lipinski definition) is 1. The zero-order valence-electron chi connectivity index (χ0n) is 14.1. The molecule has 0 atom stereocenters. The minimum Gasteiger partial charge on any atom is -0.491 e. The Balaban J connectivity index is 1.67. The summed E-state index contributed by atoms with van der Waals surface area (Å²) in [5, 5.41) is 2.85. The third kappa shape index (κ3) is 4.23. The average Bonchev–Trinajstić information content (AvgIpc) is 3.14. The van der Waals surface area contributed by atoms with E-state index in [2.05, 4.69) is 15.3 Å². The van der Waals surface area contributed by atoms with Gasteiger partial charge in [0.05, 0.1) is 24.6 Å². The van der Waals surface area contributed by atoms with Gasteiger partial charge in [0, 0.05) is 18.0 Å². The van der Waals surface area contributed by atoms with Crippen LogP contribution in [0, 0.1) is 0 Å². The fourth-order valence-corrected chi connectivity index (χ4v) is 2.34. The van der Waals surface area contributed by atoms with E-state index in [1.165, 1.54) is 0 Å². The maximum Gasteiger partial charge on any atom is 0.251 e. The first kappa shape index (κ1) is 16.7. The van der Waals surface area contributed by atoms with Gasteiger partial charge in [0.1, 0.15) is 11.4 Å². The zero-order chi connectivity index (χ0) is 17.6. The van der Waals surface area contributed by atoms with Gasteiger partial charge in [-0.25, -0.2) is 4.98 Å². The van der Waals surface area contributed by atoms with Crippen LogP contribution in [0.15, 0.2) is 59.5 Å². The van der Waals surface area contributed by atoms with Gasteiger partial charge >= 0.3 is 0 Å². The molecule has 0 bridgehead atoms. The minimum atomic E-state index is -0.188. The standard InChI is InChI=1S/C19H19N3O3/c1-13(2)25-15-7-5-14(6-8-15)19(23)22-12-16-18(21-10-9-20-16)17-4-3-11-24-17/h3-11,13H,12H2,1-2H3,(H,22,23). The van der Waals surface area contributed by atoms with Crippen molar-refractivity contribution in [2.45, 2.75) is 26.5 Å². The zero-order valence-corrected chi connectivity index (χ0v) is 14.1.